The van der Waals surface area contributed by atoms with Gasteiger partial charge in [0.05, 0.1) is 29.3 Å². The van der Waals surface area contributed by atoms with Gasteiger partial charge < -0.3 is 15.1 Å². The van der Waals surface area contributed by atoms with Crippen LogP contribution in [0, 0.1) is 0 Å². The Morgan fingerprint density at radius 1 is 0.829 bits per heavy atom. The third-order valence-corrected chi connectivity index (χ3v) is 6.99. The Kier molecular flexibility index (Phi) is 5.78. The number of rotatable bonds is 5. The van der Waals surface area contributed by atoms with Crippen molar-refractivity contribution in [1.29, 1.82) is 0 Å². The first-order chi connectivity index (χ1) is 17.2. The van der Waals surface area contributed by atoms with E-state index in [2.05, 4.69) is 41.3 Å². The van der Waals surface area contributed by atoms with Gasteiger partial charge in [-0.2, -0.15) is 5.10 Å². The second kappa shape index (κ2) is 9.37. The van der Waals surface area contributed by atoms with Gasteiger partial charge in [0.1, 0.15) is 5.82 Å². The fourth-order valence-corrected chi connectivity index (χ4v) is 5.06. The molecule has 2 aliphatic rings. The molecule has 1 amide bonds. The molecule has 178 valence electrons. The van der Waals surface area contributed by atoms with Crippen molar-refractivity contribution in [2.24, 2.45) is 0 Å². The third-order valence-electron chi connectivity index (χ3n) is 6.99. The van der Waals surface area contributed by atoms with Crippen molar-refractivity contribution in [3.8, 4) is 11.1 Å². The lowest BCUT2D eigenvalue weighted by molar-refractivity contribution is 0.102. The molecule has 35 heavy (non-hydrogen) atoms. The van der Waals surface area contributed by atoms with Crippen LogP contribution in [0.2, 0.25) is 0 Å². The number of aromatic nitrogens is 4. The van der Waals surface area contributed by atoms with Gasteiger partial charge in [-0.05, 0) is 68.0 Å². The summed E-state index contributed by atoms with van der Waals surface area (Å²) in [5.41, 5.74) is 5.03. The molecule has 8 nitrogen and oxygen atoms in total. The van der Waals surface area contributed by atoms with Crippen LogP contribution in [0.25, 0.3) is 22.0 Å². The molecule has 0 atom stereocenters. The minimum absolute atomic E-state index is 0.259. The molecule has 4 aromatic rings. The zero-order valence-electron chi connectivity index (χ0n) is 19.7. The van der Waals surface area contributed by atoms with Crippen molar-refractivity contribution in [2.45, 2.75) is 32.1 Å². The van der Waals surface area contributed by atoms with E-state index in [1.165, 1.54) is 32.1 Å². The first-order valence-corrected chi connectivity index (χ1v) is 12.5. The first-order valence-electron chi connectivity index (χ1n) is 12.5. The maximum atomic E-state index is 13.1. The van der Waals surface area contributed by atoms with Crippen LogP contribution < -0.4 is 15.1 Å². The van der Waals surface area contributed by atoms with E-state index in [4.69, 9.17) is 0 Å². The molecule has 0 bridgehead atoms. The molecule has 0 saturated carbocycles. The number of hydrogen-bond acceptors (Lipinski definition) is 6. The summed E-state index contributed by atoms with van der Waals surface area (Å²) < 4.78 is 0. The molecule has 0 aliphatic carbocycles. The highest BCUT2D eigenvalue weighted by molar-refractivity contribution is 6.11. The maximum Gasteiger partial charge on any atom is 0.276 e. The van der Waals surface area contributed by atoms with Gasteiger partial charge in [0.25, 0.3) is 5.91 Å². The number of amides is 1. The number of aromatic amines is 1. The molecular weight excluding hydrogens is 438 g/mol. The quantitative estimate of drug-likeness (QED) is 0.436. The van der Waals surface area contributed by atoms with Gasteiger partial charge in [-0.3, -0.25) is 14.9 Å². The number of H-pyrrole nitrogens is 1. The Morgan fingerprint density at radius 3 is 2.43 bits per heavy atom. The van der Waals surface area contributed by atoms with E-state index in [0.717, 1.165) is 59.7 Å². The number of hydrogen-bond donors (Lipinski definition) is 2. The highest BCUT2D eigenvalue weighted by Gasteiger charge is 2.18. The van der Waals surface area contributed by atoms with Crippen molar-refractivity contribution in [3.05, 3.63) is 60.7 Å². The molecule has 2 saturated heterocycles. The van der Waals surface area contributed by atoms with E-state index in [1.54, 1.807) is 6.20 Å². The Balaban J connectivity index is 1.22. The smallest absolute Gasteiger partial charge is 0.276 e. The maximum absolute atomic E-state index is 13.1. The number of carbonyl (C=O) groups excluding carboxylic acids is 1. The summed E-state index contributed by atoms with van der Waals surface area (Å²) >= 11 is 0. The number of nitrogens with one attached hydrogen (secondary N) is 2. The fraction of sp³-hybridized carbons (Fsp3) is 0.333. The molecule has 6 rings (SSSR count). The topological polar surface area (TPSA) is 90.0 Å². The van der Waals surface area contributed by atoms with Crippen LogP contribution in [0.4, 0.5) is 17.2 Å². The summed E-state index contributed by atoms with van der Waals surface area (Å²) in [7, 11) is 0. The van der Waals surface area contributed by atoms with E-state index < -0.39 is 0 Å². The van der Waals surface area contributed by atoms with Crippen LogP contribution in [-0.2, 0) is 0 Å². The summed E-state index contributed by atoms with van der Waals surface area (Å²) in [6.07, 6.45) is 11.6. The van der Waals surface area contributed by atoms with Crippen LogP contribution in [0.1, 0.15) is 42.6 Å². The number of anilines is 3. The minimum atomic E-state index is -0.259. The fourth-order valence-electron chi connectivity index (χ4n) is 5.06. The normalized spacial score (nSPS) is 16.1. The predicted molar refractivity (Wildman–Crippen MR) is 139 cm³/mol. The van der Waals surface area contributed by atoms with E-state index in [1.807, 2.05) is 42.7 Å². The average molecular weight is 468 g/mol. The van der Waals surface area contributed by atoms with E-state index >= 15 is 0 Å². The second-order valence-corrected chi connectivity index (χ2v) is 9.37. The molecule has 1 aromatic carbocycles. The lowest BCUT2D eigenvalue weighted by Crippen LogP contribution is -2.30. The van der Waals surface area contributed by atoms with Crippen molar-refractivity contribution < 1.29 is 4.79 Å². The van der Waals surface area contributed by atoms with Crippen molar-refractivity contribution >= 4 is 34.0 Å². The van der Waals surface area contributed by atoms with E-state index in [-0.39, 0.29) is 5.91 Å². The van der Waals surface area contributed by atoms with Gasteiger partial charge in [-0.25, -0.2) is 4.98 Å². The van der Waals surface area contributed by atoms with Crippen molar-refractivity contribution in [3.63, 3.8) is 0 Å². The Hall–Kier alpha value is -3.94. The molecule has 0 unspecified atom stereocenters. The molecule has 0 radical (unpaired) electrons. The molecule has 2 N–H and O–H groups in total. The molecule has 5 heterocycles. The van der Waals surface area contributed by atoms with Crippen LogP contribution in [0.15, 0.2) is 55.0 Å². The Labute approximate surface area is 204 Å². The summed E-state index contributed by atoms with van der Waals surface area (Å²) in [5.74, 6) is 0.701. The number of piperidine rings is 1. The van der Waals surface area contributed by atoms with E-state index in [0.29, 0.717) is 11.4 Å². The molecule has 2 fully saturated rings. The minimum Gasteiger partial charge on any atom is -0.370 e. The van der Waals surface area contributed by atoms with Gasteiger partial charge in [0.15, 0.2) is 5.69 Å². The van der Waals surface area contributed by atoms with Crippen LogP contribution in [-0.4, -0.2) is 52.3 Å². The Morgan fingerprint density at radius 2 is 1.63 bits per heavy atom. The monoisotopic (exact) mass is 467 g/mol. The molecule has 8 heteroatoms. The summed E-state index contributed by atoms with van der Waals surface area (Å²) in [6, 6.07) is 12.1. The SMILES string of the molecule is O=C(Nc1ccc(N2CCCCC2)nc1)c1n[nH]c2ccc(-c3cncc(N4CCCC4)c3)cc12. The first kappa shape index (κ1) is 21.6. The summed E-state index contributed by atoms with van der Waals surface area (Å²) in [6.45, 7) is 4.22. The van der Waals surface area contributed by atoms with Gasteiger partial charge in [-0.1, -0.05) is 6.07 Å². The highest BCUT2D eigenvalue weighted by atomic mass is 16.1. The molecule has 3 aromatic heterocycles. The molecular formula is C27H29N7O. The lowest BCUT2D eigenvalue weighted by atomic mass is 10.0. The number of fused-ring (bicyclic) bond motifs is 1. The number of carbonyl (C=O) groups is 1. The van der Waals surface area contributed by atoms with Gasteiger partial charge in [-0.15, -0.1) is 0 Å². The van der Waals surface area contributed by atoms with Gasteiger partial charge in [0, 0.05) is 43.3 Å². The largest absolute Gasteiger partial charge is 0.370 e. The van der Waals surface area contributed by atoms with Crippen molar-refractivity contribution in [1.82, 2.24) is 20.2 Å². The average Bonchev–Trinajstić information content (AvgIpc) is 3.60. The number of pyridine rings is 2. The van der Waals surface area contributed by atoms with Gasteiger partial charge >= 0.3 is 0 Å². The predicted octanol–water partition coefficient (Wildman–Crippen LogP) is 4.86. The zero-order chi connectivity index (χ0) is 23.6. The van der Waals surface area contributed by atoms with Crippen LogP contribution >= 0.6 is 0 Å². The van der Waals surface area contributed by atoms with Gasteiger partial charge in [0.2, 0.25) is 0 Å². The lowest BCUT2D eigenvalue weighted by Gasteiger charge is -2.27. The van der Waals surface area contributed by atoms with Crippen LogP contribution in [0.5, 0.6) is 0 Å². The van der Waals surface area contributed by atoms with Crippen LogP contribution in [0.3, 0.4) is 0 Å². The van der Waals surface area contributed by atoms with E-state index in [9.17, 15) is 4.79 Å². The molecule has 0 spiro atoms. The standard InChI is InChI=1S/C27H29N7O/c35-27(30-21-7-9-25(29-17-21)34-12-2-1-3-13-34)26-23-15-19(6-8-24(23)31-32-26)20-14-22(18-28-16-20)33-10-4-5-11-33/h6-9,14-18H,1-5,10-13H2,(H,30,35)(H,31,32). The number of nitrogens with zero attached hydrogens (tertiary/aromatic N) is 5. The number of benzene rings is 1. The summed E-state index contributed by atoms with van der Waals surface area (Å²) in [4.78, 5) is 26.8. The van der Waals surface area contributed by atoms with Crippen molar-refractivity contribution in [2.75, 3.05) is 41.3 Å². The molecule has 2 aliphatic heterocycles. The third kappa shape index (κ3) is 4.43. The highest BCUT2D eigenvalue weighted by Crippen LogP contribution is 2.29. The second-order valence-electron chi connectivity index (χ2n) is 9.37. The zero-order valence-corrected chi connectivity index (χ0v) is 19.7. The Bertz CT molecular complexity index is 1340. The summed E-state index contributed by atoms with van der Waals surface area (Å²) in [5, 5.41) is 11.0.